The van der Waals surface area contributed by atoms with Gasteiger partial charge in [-0.3, -0.25) is 0 Å². The van der Waals surface area contributed by atoms with Gasteiger partial charge >= 0.3 is 0 Å². The van der Waals surface area contributed by atoms with Crippen molar-refractivity contribution in [2.24, 2.45) is 10.7 Å². The van der Waals surface area contributed by atoms with Crippen LogP contribution in [0.1, 0.15) is 19.4 Å². The highest BCUT2D eigenvalue weighted by molar-refractivity contribution is 6.35. The smallest absolute Gasteiger partial charge is 0.211 e. The molecule has 1 aliphatic rings. The lowest BCUT2D eigenvalue weighted by molar-refractivity contribution is 0.280. The van der Waals surface area contributed by atoms with Gasteiger partial charge < -0.3 is 10.5 Å². The molecule has 96 valence electrons. The van der Waals surface area contributed by atoms with Crippen molar-refractivity contribution in [2.75, 3.05) is 6.61 Å². The van der Waals surface area contributed by atoms with Gasteiger partial charge in [0.25, 0.3) is 0 Å². The average molecular weight is 285 g/mol. The molecule has 18 heavy (non-hydrogen) atoms. The van der Waals surface area contributed by atoms with E-state index in [1.165, 1.54) is 0 Å². The molecule has 3 nitrogen and oxygen atoms in total. The van der Waals surface area contributed by atoms with E-state index in [4.69, 9.17) is 33.7 Å². The summed E-state index contributed by atoms with van der Waals surface area (Å²) in [5.74, 6) is 0.531. The van der Waals surface area contributed by atoms with E-state index in [1.807, 2.05) is 13.8 Å². The van der Waals surface area contributed by atoms with Crippen LogP contribution in [0.25, 0.3) is 5.70 Å². The Balaban J connectivity index is 2.29. The van der Waals surface area contributed by atoms with E-state index in [-0.39, 0.29) is 5.54 Å². The van der Waals surface area contributed by atoms with Gasteiger partial charge in [-0.2, -0.15) is 0 Å². The number of hydrogen-bond acceptors (Lipinski definition) is 3. The molecule has 1 aromatic rings. The van der Waals surface area contributed by atoms with Gasteiger partial charge in [0.2, 0.25) is 5.90 Å². The molecule has 1 heterocycles. The average Bonchev–Trinajstić information content (AvgIpc) is 2.57. The molecule has 0 atom stereocenters. The van der Waals surface area contributed by atoms with Crippen molar-refractivity contribution in [3.05, 3.63) is 39.9 Å². The van der Waals surface area contributed by atoms with Crippen molar-refractivity contribution in [1.82, 2.24) is 0 Å². The number of hydrogen-bond donors (Lipinski definition) is 1. The third kappa shape index (κ3) is 2.98. The van der Waals surface area contributed by atoms with Crippen LogP contribution in [0.15, 0.2) is 29.3 Å². The van der Waals surface area contributed by atoms with E-state index in [9.17, 15) is 0 Å². The Morgan fingerprint density at radius 2 is 2.17 bits per heavy atom. The zero-order valence-corrected chi connectivity index (χ0v) is 11.7. The molecule has 0 saturated carbocycles. The maximum Gasteiger partial charge on any atom is 0.211 e. The van der Waals surface area contributed by atoms with E-state index in [1.54, 1.807) is 24.3 Å². The van der Waals surface area contributed by atoms with Crippen molar-refractivity contribution >= 4 is 34.8 Å². The van der Waals surface area contributed by atoms with E-state index in [2.05, 4.69) is 4.99 Å². The minimum Gasteiger partial charge on any atom is -0.475 e. The molecule has 0 spiro atoms. The van der Waals surface area contributed by atoms with Crippen LogP contribution in [0.5, 0.6) is 0 Å². The van der Waals surface area contributed by atoms with Gasteiger partial charge in [0, 0.05) is 22.4 Å². The molecule has 2 N–H and O–H groups in total. The summed E-state index contributed by atoms with van der Waals surface area (Å²) in [5.41, 5.74) is 7.02. The molecule has 0 aromatic heterocycles. The number of aliphatic imine (C=N–C) groups is 1. The van der Waals surface area contributed by atoms with Crippen LogP contribution >= 0.6 is 23.2 Å². The predicted molar refractivity (Wildman–Crippen MR) is 76.1 cm³/mol. The molecular formula is C13H14Cl2N2O. The number of ether oxygens (including phenoxy) is 1. The molecule has 0 fully saturated rings. The normalized spacial score (nSPS) is 18.4. The standard InChI is InChI=1S/C13H14Cl2N2O/c1-13(2)7-18-12(17-13)6-11(16)9-4-3-8(14)5-10(9)15/h3-6H,7,16H2,1-2H3/b11-6-. The maximum absolute atomic E-state index is 6.08. The van der Waals surface area contributed by atoms with Gasteiger partial charge in [-0.05, 0) is 32.0 Å². The Hall–Kier alpha value is -1.19. The highest BCUT2D eigenvalue weighted by Crippen LogP contribution is 2.25. The third-order valence-corrected chi connectivity index (χ3v) is 3.06. The lowest BCUT2D eigenvalue weighted by Crippen LogP contribution is -2.17. The summed E-state index contributed by atoms with van der Waals surface area (Å²) in [6.45, 7) is 4.55. The summed E-state index contributed by atoms with van der Waals surface area (Å²) in [6, 6.07) is 5.17. The molecule has 0 saturated heterocycles. The molecular weight excluding hydrogens is 271 g/mol. The van der Waals surface area contributed by atoms with Gasteiger partial charge in [-0.1, -0.05) is 23.2 Å². The lowest BCUT2D eigenvalue weighted by Gasteiger charge is -2.07. The highest BCUT2D eigenvalue weighted by atomic mass is 35.5. The van der Waals surface area contributed by atoms with Crippen LogP contribution in [-0.2, 0) is 4.74 Å². The quantitative estimate of drug-likeness (QED) is 0.904. The molecule has 1 aromatic carbocycles. The molecule has 2 rings (SSSR count). The zero-order chi connectivity index (χ0) is 13.3. The minimum absolute atomic E-state index is 0.199. The monoisotopic (exact) mass is 284 g/mol. The highest BCUT2D eigenvalue weighted by Gasteiger charge is 2.25. The maximum atomic E-state index is 6.08. The second kappa shape index (κ2) is 4.82. The third-order valence-electron chi connectivity index (χ3n) is 2.51. The summed E-state index contributed by atoms with van der Waals surface area (Å²) >= 11 is 11.9. The summed E-state index contributed by atoms with van der Waals surface area (Å²) in [7, 11) is 0. The van der Waals surface area contributed by atoms with Gasteiger partial charge in [0.15, 0.2) is 0 Å². The molecule has 1 aliphatic heterocycles. The first-order valence-corrected chi connectivity index (χ1v) is 6.28. The van der Waals surface area contributed by atoms with Gasteiger partial charge in [-0.25, -0.2) is 4.99 Å². The second-order valence-electron chi connectivity index (χ2n) is 4.77. The van der Waals surface area contributed by atoms with Gasteiger partial charge in [-0.15, -0.1) is 0 Å². The van der Waals surface area contributed by atoms with Crippen molar-refractivity contribution < 1.29 is 4.74 Å². The van der Waals surface area contributed by atoms with Crippen molar-refractivity contribution in [3.8, 4) is 0 Å². The largest absolute Gasteiger partial charge is 0.475 e. The van der Waals surface area contributed by atoms with Crippen LogP contribution in [-0.4, -0.2) is 18.0 Å². The van der Waals surface area contributed by atoms with Crippen molar-refractivity contribution in [1.29, 1.82) is 0 Å². The Labute approximate surface area is 116 Å². The van der Waals surface area contributed by atoms with Crippen LogP contribution in [0, 0.1) is 0 Å². The summed E-state index contributed by atoms with van der Waals surface area (Å²) in [4.78, 5) is 4.40. The summed E-state index contributed by atoms with van der Waals surface area (Å²) in [5, 5.41) is 1.08. The van der Waals surface area contributed by atoms with E-state index < -0.39 is 0 Å². The number of nitrogens with zero attached hydrogens (tertiary/aromatic N) is 1. The minimum atomic E-state index is -0.199. The molecule has 0 radical (unpaired) electrons. The van der Waals surface area contributed by atoms with E-state index >= 15 is 0 Å². The SMILES string of the molecule is CC1(C)COC(/C=C(\N)c2ccc(Cl)cc2Cl)=N1. The molecule has 0 bridgehead atoms. The molecule has 5 heteroatoms. The number of nitrogens with two attached hydrogens (primary N) is 1. The predicted octanol–water partition coefficient (Wildman–Crippen LogP) is 3.50. The topological polar surface area (TPSA) is 47.6 Å². The van der Waals surface area contributed by atoms with Gasteiger partial charge in [0.05, 0.1) is 10.6 Å². The Morgan fingerprint density at radius 1 is 1.44 bits per heavy atom. The first-order valence-electron chi connectivity index (χ1n) is 5.53. The fourth-order valence-corrected chi connectivity index (χ4v) is 2.14. The van der Waals surface area contributed by atoms with E-state index in [0.717, 1.165) is 5.56 Å². The second-order valence-corrected chi connectivity index (χ2v) is 5.62. The Bertz CT molecular complexity index is 536. The number of halogens is 2. The fraction of sp³-hybridized carbons (Fsp3) is 0.308. The van der Waals surface area contributed by atoms with Crippen molar-refractivity contribution in [3.63, 3.8) is 0 Å². The number of rotatable bonds is 2. The Morgan fingerprint density at radius 3 is 2.72 bits per heavy atom. The van der Waals surface area contributed by atoms with Crippen LogP contribution < -0.4 is 5.73 Å². The number of benzene rings is 1. The molecule has 0 aliphatic carbocycles. The summed E-state index contributed by atoms with van der Waals surface area (Å²) in [6.07, 6.45) is 1.68. The first-order chi connectivity index (χ1) is 8.37. The van der Waals surface area contributed by atoms with Crippen LogP contribution in [0.4, 0.5) is 0 Å². The lowest BCUT2D eigenvalue weighted by atomic mass is 10.1. The van der Waals surface area contributed by atoms with Crippen LogP contribution in [0.3, 0.4) is 0 Å². The van der Waals surface area contributed by atoms with E-state index in [0.29, 0.717) is 28.2 Å². The van der Waals surface area contributed by atoms with Crippen LogP contribution in [0.2, 0.25) is 10.0 Å². The molecule has 0 unspecified atom stereocenters. The first kappa shape index (κ1) is 13.2. The fourth-order valence-electron chi connectivity index (χ4n) is 1.62. The summed E-state index contributed by atoms with van der Waals surface area (Å²) < 4.78 is 5.45. The van der Waals surface area contributed by atoms with Gasteiger partial charge in [0.1, 0.15) is 6.61 Å². The van der Waals surface area contributed by atoms with Crippen molar-refractivity contribution in [2.45, 2.75) is 19.4 Å². The Kier molecular flexibility index (Phi) is 3.55. The molecule has 0 amide bonds. The zero-order valence-electron chi connectivity index (χ0n) is 10.2.